The van der Waals surface area contributed by atoms with Crippen molar-refractivity contribution < 1.29 is 28.6 Å². The lowest BCUT2D eigenvalue weighted by molar-refractivity contribution is -0.139. The average molecular weight is 477 g/mol. The second kappa shape index (κ2) is 13.0. The van der Waals surface area contributed by atoms with Crippen LogP contribution in [0.5, 0.6) is 11.5 Å². The molecule has 2 aromatic rings. The summed E-state index contributed by atoms with van der Waals surface area (Å²) in [5, 5.41) is 9.37. The zero-order chi connectivity index (χ0) is 24.2. The molecule has 0 aliphatic rings. The molecule has 3 N–H and O–H groups in total. The Hall–Kier alpha value is -3.63. The first-order chi connectivity index (χ1) is 15.8. The highest BCUT2D eigenvalue weighted by atomic mass is 35.5. The molecule has 0 spiro atoms. The van der Waals surface area contributed by atoms with Gasteiger partial charge in [0.15, 0.2) is 18.1 Å². The van der Waals surface area contributed by atoms with Crippen LogP contribution in [0.15, 0.2) is 41.5 Å². The van der Waals surface area contributed by atoms with Gasteiger partial charge in [0.25, 0.3) is 5.91 Å². The fourth-order valence-corrected chi connectivity index (χ4v) is 2.64. The van der Waals surface area contributed by atoms with E-state index in [9.17, 15) is 14.4 Å². The van der Waals surface area contributed by atoms with Gasteiger partial charge in [-0.25, -0.2) is 5.43 Å². The summed E-state index contributed by atoms with van der Waals surface area (Å²) < 4.78 is 15.6. The van der Waals surface area contributed by atoms with Crippen molar-refractivity contribution in [3.05, 3.63) is 52.5 Å². The Morgan fingerprint density at radius 1 is 1.06 bits per heavy atom. The number of nitrogens with one attached hydrogen (secondary N) is 3. The summed E-state index contributed by atoms with van der Waals surface area (Å²) in [7, 11) is 2.93. The van der Waals surface area contributed by atoms with E-state index in [0.29, 0.717) is 34.4 Å². The number of hydrogen-bond donors (Lipinski definition) is 3. The molecule has 2 rings (SSSR count). The molecular formula is C22H25ClN4O6. The molecule has 3 amide bonds. The zero-order valence-electron chi connectivity index (χ0n) is 18.4. The molecule has 0 heterocycles. The molecule has 11 heteroatoms. The molecule has 0 bridgehead atoms. The van der Waals surface area contributed by atoms with E-state index in [0.717, 1.165) is 5.56 Å². The van der Waals surface area contributed by atoms with Crippen molar-refractivity contribution in [2.24, 2.45) is 5.10 Å². The molecule has 176 valence electrons. The second-order valence-corrected chi connectivity index (χ2v) is 7.07. The van der Waals surface area contributed by atoms with Crippen LogP contribution in [0, 0.1) is 6.92 Å². The van der Waals surface area contributed by atoms with Crippen LogP contribution in [-0.4, -0.2) is 57.9 Å². The Morgan fingerprint density at radius 2 is 1.85 bits per heavy atom. The maximum atomic E-state index is 12.2. The minimum Gasteiger partial charge on any atom is -0.493 e. The summed E-state index contributed by atoms with van der Waals surface area (Å²) in [5.41, 5.74) is 4.16. The Kier molecular flexibility index (Phi) is 10.1. The van der Waals surface area contributed by atoms with Crippen LogP contribution in [-0.2, 0) is 19.1 Å². The van der Waals surface area contributed by atoms with Gasteiger partial charge in [0.2, 0.25) is 0 Å². The summed E-state index contributed by atoms with van der Waals surface area (Å²) >= 11 is 6.06. The minimum absolute atomic E-state index is 0.210. The highest BCUT2D eigenvalue weighted by Crippen LogP contribution is 2.27. The first-order valence-electron chi connectivity index (χ1n) is 9.81. The fourth-order valence-electron chi connectivity index (χ4n) is 2.46. The van der Waals surface area contributed by atoms with E-state index in [1.165, 1.54) is 20.4 Å². The van der Waals surface area contributed by atoms with Crippen LogP contribution in [0.1, 0.15) is 11.1 Å². The summed E-state index contributed by atoms with van der Waals surface area (Å²) in [5.74, 6) is -1.40. The minimum atomic E-state index is -0.907. The van der Waals surface area contributed by atoms with Gasteiger partial charge in [0.1, 0.15) is 0 Å². The topological polar surface area (TPSA) is 127 Å². The Morgan fingerprint density at radius 3 is 2.55 bits per heavy atom. The van der Waals surface area contributed by atoms with Crippen molar-refractivity contribution in [1.29, 1.82) is 0 Å². The van der Waals surface area contributed by atoms with Gasteiger partial charge in [-0.2, -0.15) is 5.10 Å². The lowest BCUT2D eigenvalue weighted by Gasteiger charge is -2.12. The third-order valence-electron chi connectivity index (χ3n) is 4.18. The number of carbonyl (C=O) groups excluding carboxylic acids is 3. The first kappa shape index (κ1) is 25.6. The highest BCUT2D eigenvalue weighted by Gasteiger charge is 2.12. The fraction of sp³-hybridized carbons (Fsp3) is 0.273. The molecule has 0 saturated heterocycles. The molecule has 0 atom stereocenters. The molecule has 0 aliphatic heterocycles. The van der Waals surface area contributed by atoms with Gasteiger partial charge in [-0.1, -0.05) is 17.7 Å². The number of nitrogens with zero attached hydrogens (tertiary/aromatic N) is 1. The van der Waals surface area contributed by atoms with Crippen LogP contribution in [0.2, 0.25) is 5.02 Å². The summed E-state index contributed by atoms with van der Waals surface area (Å²) in [6.07, 6.45) is 1.33. The van der Waals surface area contributed by atoms with Gasteiger partial charge in [-0.3, -0.25) is 14.4 Å². The van der Waals surface area contributed by atoms with Gasteiger partial charge in [0.05, 0.1) is 19.9 Å². The number of hydrazone groups is 1. The average Bonchev–Trinajstić information content (AvgIpc) is 2.80. The molecule has 0 unspecified atom stereocenters. The lowest BCUT2D eigenvalue weighted by atomic mass is 10.2. The molecule has 0 aromatic heterocycles. The number of amides is 3. The number of methoxy groups -OCH3 is 2. The van der Waals surface area contributed by atoms with Crippen molar-refractivity contribution in [2.75, 3.05) is 39.3 Å². The van der Waals surface area contributed by atoms with Crippen molar-refractivity contribution in [1.82, 2.24) is 10.7 Å². The van der Waals surface area contributed by atoms with Crippen LogP contribution in [0.4, 0.5) is 5.69 Å². The largest absolute Gasteiger partial charge is 0.493 e. The zero-order valence-corrected chi connectivity index (χ0v) is 19.2. The second-order valence-electron chi connectivity index (χ2n) is 6.66. The number of hydrogen-bond acceptors (Lipinski definition) is 7. The number of halogens is 1. The molecule has 0 radical (unpaired) electrons. The normalized spacial score (nSPS) is 10.5. The SMILES string of the molecule is COCCNC(=O)C(=O)N/N=C\c1ccc(OCC(=O)Nc2ccc(C)c(Cl)c2)c(OC)c1. The summed E-state index contributed by atoms with van der Waals surface area (Å²) in [6, 6.07) is 10.0. The first-order valence-corrected chi connectivity index (χ1v) is 10.2. The van der Waals surface area contributed by atoms with E-state index in [-0.39, 0.29) is 19.1 Å². The van der Waals surface area contributed by atoms with E-state index in [1.54, 1.807) is 36.4 Å². The van der Waals surface area contributed by atoms with Gasteiger partial charge in [-0.15, -0.1) is 0 Å². The lowest BCUT2D eigenvalue weighted by Crippen LogP contribution is -2.39. The smallest absolute Gasteiger partial charge is 0.329 e. The van der Waals surface area contributed by atoms with E-state index >= 15 is 0 Å². The maximum absolute atomic E-state index is 12.2. The molecule has 0 aliphatic carbocycles. The third kappa shape index (κ3) is 8.43. The molecule has 2 aromatic carbocycles. The molecule has 0 fully saturated rings. The van der Waals surface area contributed by atoms with Crippen molar-refractivity contribution in [3.63, 3.8) is 0 Å². The Labute approximate surface area is 196 Å². The molecule has 33 heavy (non-hydrogen) atoms. The summed E-state index contributed by atoms with van der Waals surface area (Å²) in [6.45, 7) is 2.12. The van der Waals surface area contributed by atoms with Crippen LogP contribution in [0.3, 0.4) is 0 Å². The predicted molar refractivity (Wildman–Crippen MR) is 124 cm³/mol. The monoisotopic (exact) mass is 476 g/mol. The van der Waals surface area contributed by atoms with Crippen LogP contribution in [0.25, 0.3) is 0 Å². The van der Waals surface area contributed by atoms with Crippen LogP contribution >= 0.6 is 11.6 Å². The summed E-state index contributed by atoms with van der Waals surface area (Å²) in [4.78, 5) is 35.4. The quantitative estimate of drug-likeness (QED) is 0.208. The number of carbonyl (C=O) groups is 3. The van der Waals surface area contributed by atoms with Crippen molar-refractivity contribution in [3.8, 4) is 11.5 Å². The molecular weight excluding hydrogens is 452 g/mol. The van der Waals surface area contributed by atoms with Gasteiger partial charge in [0, 0.05) is 24.4 Å². The van der Waals surface area contributed by atoms with Gasteiger partial charge < -0.3 is 24.8 Å². The molecule has 0 saturated carbocycles. The van der Waals surface area contributed by atoms with E-state index in [2.05, 4.69) is 21.2 Å². The third-order valence-corrected chi connectivity index (χ3v) is 4.59. The maximum Gasteiger partial charge on any atom is 0.329 e. The van der Waals surface area contributed by atoms with Crippen molar-refractivity contribution in [2.45, 2.75) is 6.92 Å². The van der Waals surface area contributed by atoms with Crippen molar-refractivity contribution >= 4 is 41.2 Å². The standard InChI is InChI=1S/C22H25ClN4O6/c1-14-4-6-16(11-17(14)23)26-20(28)13-33-18-7-5-15(10-19(18)32-3)12-25-27-22(30)21(29)24-8-9-31-2/h4-7,10-12H,8-9,13H2,1-3H3,(H,24,29)(H,26,28)(H,27,30)/b25-12-. The van der Waals surface area contributed by atoms with Gasteiger partial charge in [-0.05, 0) is 48.4 Å². The predicted octanol–water partition coefficient (Wildman–Crippen LogP) is 1.89. The Balaban J connectivity index is 1.89. The molecule has 10 nitrogen and oxygen atoms in total. The van der Waals surface area contributed by atoms with Gasteiger partial charge >= 0.3 is 11.8 Å². The number of anilines is 1. The number of rotatable bonds is 10. The number of ether oxygens (including phenoxy) is 3. The van der Waals surface area contributed by atoms with Crippen LogP contribution < -0.4 is 25.5 Å². The number of aryl methyl sites for hydroxylation is 1. The highest BCUT2D eigenvalue weighted by molar-refractivity contribution is 6.35. The van der Waals surface area contributed by atoms with E-state index in [1.807, 2.05) is 6.92 Å². The number of benzene rings is 2. The van der Waals surface area contributed by atoms with E-state index in [4.69, 9.17) is 25.8 Å². The Bertz CT molecular complexity index is 1030. The van der Waals surface area contributed by atoms with E-state index < -0.39 is 11.8 Å².